The van der Waals surface area contributed by atoms with E-state index in [1.165, 1.54) is 6.07 Å². The molecule has 0 aliphatic carbocycles. The van der Waals surface area contributed by atoms with Crippen LogP contribution in [0.1, 0.15) is 16.8 Å². The topological polar surface area (TPSA) is 76.3 Å². The van der Waals surface area contributed by atoms with Crippen molar-refractivity contribution in [1.29, 1.82) is 0 Å². The molecule has 1 fully saturated rings. The van der Waals surface area contributed by atoms with Crippen molar-refractivity contribution in [2.45, 2.75) is 18.5 Å². The Bertz CT molecular complexity index is 490. The molecule has 1 aliphatic rings. The summed E-state index contributed by atoms with van der Waals surface area (Å²) in [6.45, 7) is 0. The first kappa shape index (κ1) is 12.4. The number of Topliss-reactive ketones (excluding diaryl/α,β-unsaturated/α-hetero) is 1. The number of hydrogen-bond donors (Lipinski definition) is 2. The molecule has 90 valence electrons. The van der Waals surface area contributed by atoms with Crippen LogP contribution in [0.5, 0.6) is 0 Å². The van der Waals surface area contributed by atoms with Crippen LogP contribution in [0, 0.1) is 0 Å². The van der Waals surface area contributed by atoms with E-state index in [9.17, 15) is 9.59 Å². The average Bonchev–Trinajstić information content (AvgIpc) is 3.01. The van der Waals surface area contributed by atoms with E-state index in [1.807, 2.05) is 0 Å². The molecule has 1 saturated heterocycles. The van der Waals surface area contributed by atoms with Gasteiger partial charge in [-0.25, -0.2) is 0 Å². The lowest BCUT2D eigenvalue weighted by Gasteiger charge is -2.01. The molecule has 4 nitrogen and oxygen atoms in total. The van der Waals surface area contributed by atoms with Gasteiger partial charge < -0.3 is 5.11 Å². The van der Waals surface area contributed by atoms with Gasteiger partial charge in [-0.05, 0) is 18.2 Å². The fourth-order valence-electron chi connectivity index (χ4n) is 1.58. The quantitative estimate of drug-likeness (QED) is 0.650. The molecule has 6 heteroatoms. The van der Waals surface area contributed by atoms with Crippen LogP contribution >= 0.6 is 23.2 Å². The van der Waals surface area contributed by atoms with Gasteiger partial charge in [-0.3, -0.25) is 14.9 Å². The summed E-state index contributed by atoms with van der Waals surface area (Å²) in [6, 6.07) is 3.72. The van der Waals surface area contributed by atoms with E-state index in [-0.39, 0.29) is 18.2 Å². The maximum absolute atomic E-state index is 11.8. The summed E-state index contributed by atoms with van der Waals surface area (Å²) in [6.07, 6.45) is 0.148. The first-order chi connectivity index (χ1) is 7.99. The zero-order valence-corrected chi connectivity index (χ0v) is 10.1. The molecule has 0 radical (unpaired) electrons. The minimum absolute atomic E-state index is 0.148. The number of nitrogens with one attached hydrogen (secondary N) is 1. The largest absolute Gasteiger partial charge is 0.480 e. The molecular formula is C11H9Cl2NO3. The summed E-state index contributed by atoms with van der Waals surface area (Å²) in [4.78, 5) is 22.4. The zero-order chi connectivity index (χ0) is 12.6. The highest BCUT2D eigenvalue weighted by molar-refractivity contribution is 6.42. The number of hydrogen-bond acceptors (Lipinski definition) is 3. The molecular weight excluding hydrogens is 265 g/mol. The molecule has 1 heterocycles. The van der Waals surface area contributed by atoms with Gasteiger partial charge in [0.2, 0.25) is 0 Å². The summed E-state index contributed by atoms with van der Waals surface area (Å²) in [5.41, 5.74) is 0.442. The van der Waals surface area contributed by atoms with Crippen molar-refractivity contribution in [2.24, 2.45) is 0 Å². The van der Waals surface area contributed by atoms with Crippen molar-refractivity contribution in [3.8, 4) is 0 Å². The Morgan fingerprint density at radius 1 is 1.29 bits per heavy atom. The molecule has 0 saturated carbocycles. The second-order valence-electron chi connectivity index (χ2n) is 3.85. The number of carboxylic acid groups (broad SMARTS) is 1. The van der Waals surface area contributed by atoms with Gasteiger partial charge in [-0.1, -0.05) is 23.2 Å². The number of benzene rings is 1. The van der Waals surface area contributed by atoms with Gasteiger partial charge in [-0.15, -0.1) is 0 Å². The smallest absolute Gasteiger partial charge is 0.322 e. The first-order valence-electron chi connectivity index (χ1n) is 4.96. The molecule has 2 rings (SSSR count). The van der Waals surface area contributed by atoms with Crippen LogP contribution < -0.4 is 5.32 Å². The normalized spacial score (nSPS) is 22.2. The lowest BCUT2D eigenvalue weighted by atomic mass is 10.1. The minimum atomic E-state index is -0.933. The molecule has 0 amide bonds. The van der Waals surface area contributed by atoms with Crippen molar-refractivity contribution < 1.29 is 14.7 Å². The molecule has 2 atom stereocenters. The molecule has 2 unspecified atom stereocenters. The molecule has 1 aliphatic heterocycles. The number of aliphatic carboxylic acids is 1. The van der Waals surface area contributed by atoms with Gasteiger partial charge in [-0.2, -0.15) is 0 Å². The molecule has 0 bridgehead atoms. The lowest BCUT2D eigenvalue weighted by Crippen LogP contribution is -2.11. The van der Waals surface area contributed by atoms with E-state index < -0.39 is 12.0 Å². The molecule has 1 aromatic carbocycles. The highest BCUT2D eigenvalue weighted by atomic mass is 35.5. The Morgan fingerprint density at radius 2 is 2.00 bits per heavy atom. The average molecular weight is 274 g/mol. The number of carbonyl (C=O) groups is 2. The van der Waals surface area contributed by atoms with Crippen LogP contribution in [-0.4, -0.2) is 28.9 Å². The number of carbonyl (C=O) groups excluding carboxylic acids is 1. The third-order valence-corrected chi connectivity index (χ3v) is 3.34. The SMILES string of the molecule is O=C(CC1NC1C(=O)O)c1ccc(Cl)c(Cl)c1. The predicted molar refractivity (Wildman–Crippen MR) is 63.8 cm³/mol. The number of halogens is 2. The summed E-state index contributed by atoms with van der Waals surface area (Å²) in [5.74, 6) is -1.08. The molecule has 17 heavy (non-hydrogen) atoms. The summed E-state index contributed by atoms with van der Waals surface area (Å²) in [5, 5.41) is 12.1. The maximum atomic E-state index is 11.8. The van der Waals surface area contributed by atoms with E-state index in [0.717, 1.165) is 0 Å². The first-order valence-corrected chi connectivity index (χ1v) is 5.71. The molecule has 0 aromatic heterocycles. The maximum Gasteiger partial charge on any atom is 0.322 e. The number of ketones is 1. The van der Waals surface area contributed by atoms with Gasteiger partial charge in [0.05, 0.1) is 10.0 Å². The second kappa shape index (κ2) is 4.64. The van der Waals surface area contributed by atoms with Gasteiger partial charge in [0, 0.05) is 18.0 Å². The van der Waals surface area contributed by atoms with Crippen LogP contribution in [-0.2, 0) is 4.79 Å². The number of carboxylic acids is 1. The van der Waals surface area contributed by atoms with E-state index in [4.69, 9.17) is 28.3 Å². The Labute approximate surface area is 108 Å². The van der Waals surface area contributed by atoms with Crippen molar-refractivity contribution in [1.82, 2.24) is 5.32 Å². The summed E-state index contributed by atoms with van der Waals surface area (Å²) < 4.78 is 0. The van der Waals surface area contributed by atoms with Crippen molar-refractivity contribution in [3.05, 3.63) is 33.8 Å². The predicted octanol–water partition coefficient (Wildman–Crippen LogP) is 1.99. The Balaban J connectivity index is 2.01. The van der Waals surface area contributed by atoms with Gasteiger partial charge in [0.1, 0.15) is 6.04 Å². The minimum Gasteiger partial charge on any atom is -0.480 e. The molecule has 0 spiro atoms. The Kier molecular flexibility index (Phi) is 3.38. The van der Waals surface area contributed by atoms with E-state index in [0.29, 0.717) is 15.6 Å². The standard InChI is InChI=1S/C11H9Cl2NO3/c12-6-2-1-5(3-7(6)13)9(15)4-8-10(14-8)11(16)17/h1-3,8,10,14H,4H2,(H,16,17). The van der Waals surface area contributed by atoms with Crippen molar-refractivity contribution >= 4 is 35.0 Å². The zero-order valence-electron chi connectivity index (χ0n) is 8.61. The van der Waals surface area contributed by atoms with Crippen molar-refractivity contribution in [3.63, 3.8) is 0 Å². The summed E-state index contributed by atoms with van der Waals surface area (Å²) >= 11 is 11.5. The third-order valence-electron chi connectivity index (χ3n) is 2.60. The Morgan fingerprint density at radius 3 is 2.53 bits per heavy atom. The fourth-order valence-corrected chi connectivity index (χ4v) is 1.88. The van der Waals surface area contributed by atoms with Gasteiger partial charge >= 0.3 is 5.97 Å². The van der Waals surface area contributed by atoms with Gasteiger partial charge in [0.25, 0.3) is 0 Å². The van der Waals surface area contributed by atoms with Crippen LogP contribution in [0.3, 0.4) is 0 Å². The fraction of sp³-hybridized carbons (Fsp3) is 0.273. The molecule has 1 aromatic rings. The van der Waals surface area contributed by atoms with Crippen molar-refractivity contribution in [2.75, 3.05) is 0 Å². The highest BCUT2D eigenvalue weighted by Crippen LogP contribution is 2.24. The third kappa shape index (κ3) is 2.77. The van der Waals surface area contributed by atoms with E-state index >= 15 is 0 Å². The van der Waals surface area contributed by atoms with E-state index in [2.05, 4.69) is 5.32 Å². The van der Waals surface area contributed by atoms with E-state index in [1.54, 1.807) is 12.1 Å². The van der Waals surface area contributed by atoms with Gasteiger partial charge in [0.15, 0.2) is 5.78 Å². The highest BCUT2D eigenvalue weighted by Gasteiger charge is 2.43. The monoisotopic (exact) mass is 273 g/mol. The number of rotatable bonds is 4. The van der Waals surface area contributed by atoms with Crippen LogP contribution in [0.15, 0.2) is 18.2 Å². The van der Waals surface area contributed by atoms with Crippen LogP contribution in [0.4, 0.5) is 0 Å². The molecule has 2 N–H and O–H groups in total. The van der Waals surface area contributed by atoms with Crippen LogP contribution in [0.2, 0.25) is 10.0 Å². The van der Waals surface area contributed by atoms with Crippen LogP contribution in [0.25, 0.3) is 0 Å². The summed E-state index contributed by atoms with van der Waals surface area (Å²) in [7, 11) is 0. The lowest BCUT2D eigenvalue weighted by molar-refractivity contribution is -0.136. The Hall–Kier alpha value is -1.10. The second-order valence-corrected chi connectivity index (χ2v) is 4.66.